The number of pyridine rings is 1. The molecule has 2 aromatic carbocycles. The first-order valence-electron chi connectivity index (χ1n) is 12.5. The molecule has 2 aliphatic rings. The minimum absolute atomic E-state index is 0.0336. The fourth-order valence-corrected chi connectivity index (χ4v) is 5.22. The summed E-state index contributed by atoms with van der Waals surface area (Å²) in [4.78, 5) is 16.9. The lowest BCUT2D eigenvalue weighted by atomic mass is 9.80. The van der Waals surface area contributed by atoms with Gasteiger partial charge in [0.1, 0.15) is 11.9 Å². The van der Waals surface area contributed by atoms with E-state index in [1.165, 1.54) is 37.0 Å². The Morgan fingerprint density at radius 2 is 1.71 bits per heavy atom. The van der Waals surface area contributed by atoms with Crippen LogP contribution in [0.4, 0.5) is 4.39 Å². The number of ether oxygens (including phenoxy) is 1. The van der Waals surface area contributed by atoms with Crippen molar-refractivity contribution in [3.05, 3.63) is 83.7 Å². The van der Waals surface area contributed by atoms with E-state index in [0.717, 1.165) is 40.9 Å². The smallest absolute Gasteiger partial charge is 0.309 e. The Morgan fingerprint density at radius 1 is 0.971 bits per heavy atom. The number of benzene rings is 2. The maximum absolute atomic E-state index is 13.8. The van der Waals surface area contributed by atoms with E-state index < -0.39 is 12.2 Å². The molecule has 35 heavy (non-hydrogen) atoms. The molecule has 1 aromatic heterocycles. The molecule has 1 N–H and O–H groups in total. The number of halogens is 1. The fraction of sp³-hybridized carbons (Fsp3) is 0.333. The molecule has 1 aliphatic carbocycles. The van der Waals surface area contributed by atoms with E-state index in [1.54, 1.807) is 12.1 Å². The van der Waals surface area contributed by atoms with Crippen LogP contribution < -0.4 is 0 Å². The van der Waals surface area contributed by atoms with E-state index in [2.05, 4.69) is 18.2 Å². The molecule has 4 nitrogen and oxygen atoms in total. The summed E-state index contributed by atoms with van der Waals surface area (Å²) < 4.78 is 19.2. The summed E-state index contributed by atoms with van der Waals surface area (Å²) in [5.74, 6) is -0.282. The lowest BCUT2D eigenvalue weighted by Crippen LogP contribution is -2.31. The van der Waals surface area contributed by atoms with Crippen molar-refractivity contribution in [3.63, 3.8) is 0 Å². The summed E-state index contributed by atoms with van der Waals surface area (Å²) in [6.45, 7) is 0. The molecular formula is C30H30FNO3. The van der Waals surface area contributed by atoms with E-state index in [-0.39, 0.29) is 18.2 Å². The lowest BCUT2D eigenvalue weighted by Gasteiger charge is -2.26. The van der Waals surface area contributed by atoms with Gasteiger partial charge in [0.05, 0.1) is 23.9 Å². The number of nitrogens with zero attached hydrogens (tertiary/aromatic N) is 1. The van der Waals surface area contributed by atoms with Crippen molar-refractivity contribution in [2.75, 3.05) is 0 Å². The number of rotatable bonds is 5. The summed E-state index contributed by atoms with van der Waals surface area (Å²) in [5, 5.41) is 10.0. The summed E-state index contributed by atoms with van der Waals surface area (Å²) in [6, 6.07) is 18.7. The van der Waals surface area contributed by atoms with Crippen LogP contribution >= 0.6 is 0 Å². The Kier molecular flexibility index (Phi) is 7.05. The molecule has 5 rings (SSSR count). The first kappa shape index (κ1) is 23.4. The van der Waals surface area contributed by atoms with Gasteiger partial charge in [-0.25, -0.2) is 9.37 Å². The van der Waals surface area contributed by atoms with Crippen molar-refractivity contribution in [1.82, 2.24) is 4.98 Å². The van der Waals surface area contributed by atoms with Crippen LogP contribution in [0.1, 0.15) is 62.0 Å². The Morgan fingerprint density at radius 3 is 2.43 bits per heavy atom. The quantitative estimate of drug-likeness (QED) is 0.422. The predicted molar refractivity (Wildman–Crippen MR) is 135 cm³/mol. The van der Waals surface area contributed by atoms with Gasteiger partial charge in [0.25, 0.3) is 0 Å². The van der Waals surface area contributed by atoms with Gasteiger partial charge in [0, 0.05) is 23.1 Å². The topological polar surface area (TPSA) is 59.4 Å². The van der Waals surface area contributed by atoms with Crippen LogP contribution in [0.5, 0.6) is 0 Å². The third-order valence-electron chi connectivity index (χ3n) is 6.99. The number of hydrogen-bond acceptors (Lipinski definition) is 4. The summed E-state index contributed by atoms with van der Waals surface area (Å²) in [7, 11) is 0. The van der Waals surface area contributed by atoms with E-state index >= 15 is 0 Å². The van der Waals surface area contributed by atoms with Crippen LogP contribution in [-0.4, -0.2) is 28.3 Å². The van der Waals surface area contributed by atoms with Gasteiger partial charge in [-0.15, -0.1) is 0 Å². The molecule has 180 valence electrons. The predicted octanol–water partition coefficient (Wildman–Crippen LogP) is 6.68. The van der Waals surface area contributed by atoms with Gasteiger partial charge in [0.2, 0.25) is 0 Å². The van der Waals surface area contributed by atoms with Gasteiger partial charge in [-0.1, -0.05) is 55.7 Å². The van der Waals surface area contributed by atoms with Crippen LogP contribution in [0, 0.1) is 5.82 Å². The van der Waals surface area contributed by atoms with Crippen LogP contribution in [0.3, 0.4) is 0 Å². The van der Waals surface area contributed by atoms with Gasteiger partial charge >= 0.3 is 5.97 Å². The van der Waals surface area contributed by atoms with Gasteiger partial charge in [-0.3, -0.25) is 4.79 Å². The Labute approximate surface area is 205 Å². The highest BCUT2D eigenvalue weighted by Gasteiger charge is 2.26. The molecule has 5 heteroatoms. The third kappa shape index (κ3) is 5.51. The zero-order chi connectivity index (χ0) is 24.2. The minimum atomic E-state index is -0.695. The summed E-state index contributed by atoms with van der Waals surface area (Å²) in [5.41, 5.74) is 5.73. The van der Waals surface area contributed by atoms with Crippen LogP contribution in [0.15, 0.2) is 66.7 Å². The molecule has 0 amide bonds. The van der Waals surface area contributed by atoms with Gasteiger partial charge in [0.15, 0.2) is 0 Å². The zero-order valence-corrected chi connectivity index (χ0v) is 19.7. The average molecular weight is 472 g/mol. The highest BCUT2D eigenvalue weighted by molar-refractivity contribution is 5.78. The molecular weight excluding hydrogens is 441 g/mol. The van der Waals surface area contributed by atoms with Crippen molar-refractivity contribution < 1.29 is 19.0 Å². The molecule has 1 saturated heterocycles. The second-order valence-corrected chi connectivity index (χ2v) is 9.55. The Balaban J connectivity index is 1.66. The largest absolute Gasteiger partial charge is 0.458 e. The third-order valence-corrected chi connectivity index (χ3v) is 6.99. The summed E-state index contributed by atoms with van der Waals surface area (Å²) in [6.07, 6.45) is 8.92. The van der Waals surface area contributed by atoms with E-state index in [4.69, 9.17) is 9.72 Å². The number of hydrogen-bond donors (Lipinski definition) is 1. The number of carbonyl (C=O) groups excluding carboxylic acids is 1. The number of esters is 1. The highest BCUT2D eigenvalue weighted by Crippen LogP contribution is 2.40. The maximum atomic E-state index is 13.8. The molecule has 0 radical (unpaired) electrons. The number of aromatic nitrogens is 1. The highest BCUT2D eigenvalue weighted by atomic mass is 19.1. The second kappa shape index (κ2) is 10.5. The van der Waals surface area contributed by atoms with E-state index in [1.807, 2.05) is 30.4 Å². The van der Waals surface area contributed by atoms with E-state index in [9.17, 15) is 14.3 Å². The molecule has 3 aromatic rings. The molecule has 1 aliphatic heterocycles. The normalized spacial score (nSPS) is 21.3. The molecule has 2 fully saturated rings. The lowest BCUT2D eigenvalue weighted by molar-refractivity contribution is -0.156. The van der Waals surface area contributed by atoms with Crippen molar-refractivity contribution in [2.24, 2.45) is 0 Å². The average Bonchev–Trinajstić information content (AvgIpc) is 2.88. The number of carbonyl (C=O) groups is 1. The first-order valence-corrected chi connectivity index (χ1v) is 12.5. The molecule has 2 heterocycles. The second-order valence-electron chi connectivity index (χ2n) is 9.55. The van der Waals surface area contributed by atoms with Crippen LogP contribution in [0.2, 0.25) is 0 Å². The fourth-order valence-electron chi connectivity index (χ4n) is 5.22. The van der Waals surface area contributed by atoms with Crippen LogP contribution in [0.25, 0.3) is 28.6 Å². The minimum Gasteiger partial charge on any atom is -0.458 e. The zero-order valence-electron chi connectivity index (χ0n) is 19.7. The number of cyclic esters (lactones) is 1. The molecule has 0 unspecified atom stereocenters. The molecule has 1 saturated carbocycles. The summed E-state index contributed by atoms with van der Waals surface area (Å²) >= 11 is 0. The SMILES string of the molecule is O=C1C[C@H](O)C[C@@H](C=Cc2c(C3CCCCC3)cc(-c3ccccc3)nc2-c2ccc(F)cc2)O1. The Hall–Kier alpha value is -3.31. The first-order chi connectivity index (χ1) is 17.1. The number of aliphatic hydroxyl groups is 1. The maximum Gasteiger partial charge on any atom is 0.309 e. The molecule has 2 atom stereocenters. The van der Waals surface area contributed by atoms with Crippen molar-refractivity contribution in [1.29, 1.82) is 0 Å². The standard InChI is InChI=1S/C30H30FNO3/c31-23-13-11-22(12-14-23)30-26(16-15-25-17-24(33)18-29(34)35-25)27(20-7-3-1-4-8-20)19-28(32-30)21-9-5-2-6-10-21/h2,5-6,9-16,19-20,24-25,33H,1,3-4,7-8,17-18H2/t24-,25-/m1/s1. The van der Waals surface area contributed by atoms with Crippen molar-refractivity contribution in [2.45, 2.75) is 63.1 Å². The van der Waals surface area contributed by atoms with Gasteiger partial charge in [-0.05, 0) is 60.7 Å². The monoisotopic (exact) mass is 471 g/mol. The molecule has 0 bridgehead atoms. The van der Waals surface area contributed by atoms with Gasteiger partial charge < -0.3 is 9.84 Å². The van der Waals surface area contributed by atoms with Crippen LogP contribution in [-0.2, 0) is 9.53 Å². The number of aliphatic hydroxyl groups excluding tert-OH is 1. The van der Waals surface area contributed by atoms with Crippen molar-refractivity contribution >= 4 is 12.0 Å². The molecule has 0 spiro atoms. The van der Waals surface area contributed by atoms with Crippen molar-refractivity contribution in [3.8, 4) is 22.5 Å². The Bertz CT molecular complexity index is 1200. The van der Waals surface area contributed by atoms with E-state index in [0.29, 0.717) is 12.3 Å². The van der Waals surface area contributed by atoms with Gasteiger partial charge in [-0.2, -0.15) is 0 Å².